The van der Waals surface area contributed by atoms with Gasteiger partial charge in [-0.05, 0) is 78.3 Å². The lowest BCUT2D eigenvalue weighted by atomic mass is 10.1. The van der Waals surface area contributed by atoms with Crippen LogP contribution in [0.25, 0.3) is 0 Å². The SMILES string of the molecule is CCCCC/C=C\C=C\CCCCCCCCCCN(CCCCCCCCCC/C=C\CCCCCC)C(=O)OCCN(C)C. The molecule has 0 radical (unpaired) electrons. The first kappa shape index (κ1) is 44.5. The third-order valence-corrected chi connectivity index (χ3v) is 8.87. The first-order valence-corrected chi connectivity index (χ1v) is 20.1. The fraction of sp³-hybridized carbons (Fsp3) is 0.833. The van der Waals surface area contributed by atoms with Crippen molar-refractivity contribution in [1.82, 2.24) is 9.80 Å². The van der Waals surface area contributed by atoms with Gasteiger partial charge in [0.1, 0.15) is 6.61 Å². The van der Waals surface area contributed by atoms with Crippen LogP contribution in [0.15, 0.2) is 36.5 Å². The summed E-state index contributed by atoms with van der Waals surface area (Å²) >= 11 is 0. The van der Waals surface area contributed by atoms with Crippen LogP contribution >= 0.6 is 0 Å². The van der Waals surface area contributed by atoms with Crippen LogP contribution in [0, 0.1) is 0 Å². The largest absolute Gasteiger partial charge is 0.448 e. The molecular weight excluding hydrogens is 564 g/mol. The summed E-state index contributed by atoms with van der Waals surface area (Å²) in [4.78, 5) is 16.8. The number of rotatable bonds is 35. The van der Waals surface area contributed by atoms with Crippen molar-refractivity contribution in [3.63, 3.8) is 0 Å². The second-order valence-corrected chi connectivity index (χ2v) is 13.8. The van der Waals surface area contributed by atoms with E-state index in [0.29, 0.717) is 6.61 Å². The third-order valence-electron chi connectivity index (χ3n) is 8.87. The van der Waals surface area contributed by atoms with Crippen molar-refractivity contribution in [3.05, 3.63) is 36.5 Å². The van der Waals surface area contributed by atoms with Crippen LogP contribution in [0.4, 0.5) is 4.79 Å². The zero-order chi connectivity index (χ0) is 33.6. The van der Waals surface area contributed by atoms with Crippen molar-refractivity contribution < 1.29 is 9.53 Å². The summed E-state index contributed by atoms with van der Waals surface area (Å²) in [6.45, 7) is 7.47. The molecule has 0 atom stereocenters. The number of amides is 1. The Morgan fingerprint density at radius 3 is 1.24 bits per heavy atom. The smallest absolute Gasteiger partial charge is 0.409 e. The molecule has 0 aliphatic heterocycles. The molecule has 0 rings (SSSR count). The van der Waals surface area contributed by atoms with Crippen molar-refractivity contribution in [2.45, 2.75) is 187 Å². The zero-order valence-electron chi connectivity index (χ0n) is 31.6. The third kappa shape index (κ3) is 35.3. The van der Waals surface area contributed by atoms with Gasteiger partial charge in [-0.2, -0.15) is 0 Å². The van der Waals surface area contributed by atoms with Gasteiger partial charge in [0.25, 0.3) is 0 Å². The van der Waals surface area contributed by atoms with Gasteiger partial charge in [-0.3, -0.25) is 0 Å². The Balaban J connectivity index is 3.91. The lowest BCUT2D eigenvalue weighted by Gasteiger charge is -2.23. The second kappa shape index (κ2) is 37.9. The fourth-order valence-corrected chi connectivity index (χ4v) is 5.74. The van der Waals surface area contributed by atoms with Gasteiger partial charge in [-0.25, -0.2) is 4.79 Å². The van der Waals surface area contributed by atoms with Gasteiger partial charge in [0.2, 0.25) is 0 Å². The second-order valence-electron chi connectivity index (χ2n) is 13.8. The van der Waals surface area contributed by atoms with Crippen LogP contribution in [0.5, 0.6) is 0 Å². The van der Waals surface area contributed by atoms with E-state index in [0.717, 1.165) is 32.5 Å². The van der Waals surface area contributed by atoms with Gasteiger partial charge in [0.05, 0.1) is 0 Å². The molecule has 0 fully saturated rings. The van der Waals surface area contributed by atoms with Crippen molar-refractivity contribution >= 4 is 6.09 Å². The number of hydrogen-bond acceptors (Lipinski definition) is 3. The quantitative estimate of drug-likeness (QED) is 0.0391. The Bertz CT molecular complexity index is 700. The molecule has 0 bridgehead atoms. The van der Waals surface area contributed by atoms with Gasteiger partial charge in [0, 0.05) is 19.6 Å². The van der Waals surface area contributed by atoms with Crippen LogP contribution in [0.3, 0.4) is 0 Å². The lowest BCUT2D eigenvalue weighted by molar-refractivity contribution is 0.0945. The highest BCUT2D eigenvalue weighted by atomic mass is 16.6. The molecule has 0 aliphatic rings. The summed E-state index contributed by atoms with van der Waals surface area (Å²) < 4.78 is 5.61. The fourth-order valence-electron chi connectivity index (χ4n) is 5.74. The number of allylic oxidation sites excluding steroid dienone is 6. The van der Waals surface area contributed by atoms with Gasteiger partial charge in [-0.1, -0.05) is 159 Å². The van der Waals surface area contributed by atoms with Crippen LogP contribution in [-0.2, 0) is 4.74 Å². The molecule has 270 valence electrons. The highest BCUT2D eigenvalue weighted by molar-refractivity contribution is 5.67. The molecule has 0 heterocycles. The summed E-state index contributed by atoms with van der Waals surface area (Å²) in [5.74, 6) is 0. The molecule has 0 unspecified atom stereocenters. The molecule has 4 nitrogen and oxygen atoms in total. The summed E-state index contributed by atoms with van der Waals surface area (Å²) in [6.07, 6.45) is 48.7. The standard InChI is InChI=1S/C42H80N2O2/c1-5-7-9-11-13-15-17-19-21-23-25-27-29-31-33-35-37-39-44(42(45)46-41-40-43(3)4)38-36-34-32-30-28-26-24-22-20-18-16-14-12-10-8-6-2/h13,15-19H,5-12,14,20-41H2,1-4H3/b15-13-,18-16-,19-17+. The van der Waals surface area contributed by atoms with E-state index in [4.69, 9.17) is 4.74 Å². The Morgan fingerprint density at radius 1 is 0.457 bits per heavy atom. The minimum Gasteiger partial charge on any atom is -0.448 e. The molecule has 0 spiro atoms. The average molecular weight is 645 g/mol. The number of nitrogens with zero attached hydrogens (tertiary/aromatic N) is 2. The normalized spacial score (nSPS) is 12.0. The molecule has 0 aromatic carbocycles. The number of carbonyl (C=O) groups is 1. The zero-order valence-corrected chi connectivity index (χ0v) is 31.6. The van der Waals surface area contributed by atoms with E-state index < -0.39 is 0 Å². The predicted molar refractivity (Wildman–Crippen MR) is 205 cm³/mol. The number of carbonyl (C=O) groups excluding carboxylic acids is 1. The molecule has 0 aromatic heterocycles. The molecule has 0 saturated carbocycles. The van der Waals surface area contributed by atoms with Crippen molar-refractivity contribution in [1.29, 1.82) is 0 Å². The van der Waals surface area contributed by atoms with Crippen molar-refractivity contribution in [2.75, 3.05) is 40.3 Å². The molecule has 1 amide bonds. The topological polar surface area (TPSA) is 32.8 Å². The maximum atomic E-state index is 12.8. The molecule has 0 N–H and O–H groups in total. The Hall–Kier alpha value is -1.55. The summed E-state index contributed by atoms with van der Waals surface area (Å²) in [7, 11) is 4.04. The Labute approximate surface area is 288 Å². The van der Waals surface area contributed by atoms with Crippen LogP contribution in [0.1, 0.15) is 187 Å². The molecule has 0 aliphatic carbocycles. The summed E-state index contributed by atoms with van der Waals surface area (Å²) in [5, 5.41) is 0. The molecular formula is C42H80N2O2. The highest BCUT2D eigenvalue weighted by Gasteiger charge is 2.14. The minimum atomic E-state index is -0.113. The number of unbranched alkanes of at least 4 members (excludes halogenated alkanes) is 23. The van der Waals surface area contributed by atoms with Crippen LogP contribution in [0.2, 0.25) is 0 Å². The first-order chi connectivity index (χ1) is 22.6. The number of likely N-dealkylation sites (N-methyl/N-ethyl adjacent to an activating group) is 1. The minimum absolute atomic E-state index is 0.113. The van der Waals surface area contributed by atoms with Crippen molar-refractivity contribution in [3.8, 4) is 0 Å². The monoisotopic (exact) mass is 645 g/mol. The van der Waals surface area contributed by atoms with Gasteiger partial charge >= 0.3 is 6.09 Å². The Morgan fingerprint density at radius 2 is 0.804 bits per heavy atom. The van der Waals surface area contributed by atoms with E-state index in [1.54, 1.807) is 0 Å². The summed E-state index contributed by atoms with van der Waals surface area (Å²) in [6, 6.07) is 0. The van der Waals surface area contributed by atoms with Gasteiger partial charge in [0.15, 0.2) is 0 Å². The van der Waals surface area contributed by atoms with E-state index in [2.05, 4.69) is 55.2 Å². The average Bonchev–Trinajstić information content (AvgIpc) is 3.04. The first-order valence-electron chi connectivity index (χ1n) is 20.1. The highest BCUT2D eigenvalue weighted by Crippen LogP contribution is 2.14. The van der Waals surface area contributed by atoms with E-state index in [-0.39, 0.29) is 6.09 Å². The Kier molecular flexibility index (Phi) is 36.6. The number of hydrogen-bond donors (Lipinski definition) is 0. The van der Waals surface area contributed by atoms with E-state index >= 15 is 0 Å². The van der Waals surface area contributed by atoms with Crippen LogP contribution < -0.4 is 0 Å². The maximum absolute atomic E-state index is 12.8. The maximum Gasteiger partial charge on any atom is 0.409 e. The lowest BCUT2D eigenvalue weighted by Crippen LogP contribution is -2.35. The molecule has 4 heteroatoms. The van der Waals surface area contributed by atoms with Crippen LogP contribution in [-0.4, -0.2) is 56.2 Å². The summed E-state index contributed by atoms with van der Waals surface area (Å²) in [5.41, 5.74) is 0. The van der Waals surface area contributed by atoms with Crippen molar-refractivity contribution in [2.24, 2.45) is 0 Å². The van der Waals surface area contributed by atoms with E-state index in [1.165, 1.54) is 161 Å². The van der Waals surface area contributed by atoms with E-state index in [1.807, 2.05) is 19.0 Å². The predicted octanol–water partition coefficient (Wildman–Crippen LogP) is 13.2. The van der Waals surface area contributed by atoms with Gasteiger partial charge in [-0.15, -0.1) is 0 Å². The molecule has 46 heavy (non-hydrogen) atoms. The molecule has 0 saturated heterocycles. The van der Waals surface area contributed by atoms with E-state index in [9.17, 15) is 4.79 Å². The molecule has 0 aromatic rings. The number of ether oxygens (including phenoxy) is 1. The van der Waals surface area contributed by atoms with Gasteiger partial charge < -0.3 is 14.5 Å².